The average Bonchev–Trinajstić information content (AvgIpc) is 3.80. The Kier molecular flexibility index (Phi) is 7.80. The monoisotopic (exact) mass is 717 g/mol. The fraction of sp³-hybridized carbons (Fsp3) is 0. The minimum absolute atomic E-state index is 0.372. The molecule has 262 valence electrons. The second-order valence-corrected chi connectivity index (χ2v) is 13.6. The lowest BCUT2D eigenvalue weighted by atomic mass is 10.1. The molecular weight excluding hydrogens is 687 g/mol. The van der Waals surface area contributed by atoms with Crippen LogP contribution in [0.4, 0.5) is 39.8 Å². The van der Waals surface area contributed by atoms with Gasteiger partial charge in [-0.15, -0.1) is 0 Å². The van der Waals surface area contributed by atoms with Gasteiger partial charge in [-0.05, 0) is 91.0 Å². The highest BCUT2D eigenvalue weighted by molar-refractivity contribution is 6.10. The number of fused-ring (bicyclic) bond motifs is 6. The molecule has 0 saturated carbocycles. The number of benzene rings is 8. The predicted octanol–water partition coefficient (Wildman–Crippen LogP) is 14.0. The van der Waals surface area contributed by atoms with Crippen molar-refractivity contribution < 1.29 is 4.42 Å². The van der Waals surface area contributed by atoms with Gasteiger partial charge < -0.3 is 18.8 Å². The van der Waals surface area contributed by atoms with E-state index in [-0.39, 0.29) is 0 Å². The minimum atomic E-state index is 0.372. The molecule has 0 fully saturated rings. The van der Waals surface area contributed by atoms with Gasteiger partial charge in [-0.2, -0.15) is 5.26 Å². The Morgan fingerprint density at radius 2 is 0.946 bits per heavy atom. The van der Waals surface area contributed by atoms with Crippen LogP contribution < -0.4 is 9.80 Å². The van der Waals surface area contributed by atoms with Crippen molar-refractivity contribution >= 4 is 83.6 Å². The number of para-hydroxylation sites is 5. The van der Waals surface area contributed by atoms with Crippen LogP contribution in [0.15, 0.2) is 192 Å². The number of furan rings is 1. The molecule has 0 atom stereocenters. The molecule has 0 aliphatic rings. The summed E-state index contributed by atoms with van der Waals surface area (Å²) < 4.78 is 8.42. The number of aromatic nitrogens is 1. The number of nitrogens with zero attached hydrogens (tertiary/aromatic N) is 5. The zero-order valence-corrected chi connectivity index (χ0v) is 30.0. The van der Waals surface area contributed by atoms with E-state index in [1.807, 2.05) is 109 Å². The summed E-state index contributed by atoms with van der Waals surface area (Å²) in [7, 11) is 0. The van der Waals surface area contributed by atoms with Crippen LogP contribution in [0.1, 0.15) is 5.56 Å². The van der Waals surface area contributed by atoms with Gasteiger partial charge in [0, 0.05) is 61.7 Å². The Morgan fingerprint density at radius 1 is 0.464 bits per heavy atom. The standard InChI is InChI=1S/C50H31N5O/c1-52-45-31-40(30-34(33-51)50(45)55-46-21-11-8-18-41(46)42-19-9-12-22-47(42)55)54(39-28-29-44-43-20-10-13-23-48(43)56-49(44)32-39)38-26-24-37(25-27-38)53(35-14-4-2-5-15-35)36-16-6-3-7-17-36/h2-32H. The normalized spacial score (nSPS) is 11.2. The molecule has 56 heavy (non-hydrogen) atoms. The Morgan fingerprint density at radius 3 is 1.54 bits per heavy atom. The first-order chi connectivity index (χ1) is 27.7. The van der Waals surface area contributed by atoms with E-state index < -0.39 is 0 Å². The molecule has 0 unspecified atom stereocenters. The largest absolute Gasteiger partial charge is 0.456 e. The molecule has 6 nitrogen and oxygen atoms in total. The second-order valence-electron chi connectivity index (χ2n) is 13.6. The Hall–Kier alpha value is -8.06. The van der Waals surface area contributed by atoms with Gasteiger partial charge in [0.05, 0.1) is 28.9 Å². The summed E-state index contributed by atoms with van der Waals surface area (Å²) in [4.78, 5) is 8.40. The van der Waals surface area contributed by atoms with E-state index in [4.69, 9.17) is 11.0 Å². The smallest absolute Gasteiger partial charge is 0.214 e. The first-order valence-electron chi connectivity index (χ1n) is 18.4. The van der Waals surface area contributed by atoms with Crippen molar-refractivity contribution in [3.63, 3.8) is 0 Å². The lowest BCUT2D eigenvalue weighted by molar-refractivity contribution is 0.669. The molecule has 8 aromatic carbocycles. The number of hydrogen-bond acceptors (Lipinski definition) is 4. The van der Waals surface area contributed by atoms with Gasteiger partial charge in [0.25, 0.3) is 0 Å². The number of nitriles is 1. The zero-order valence-electron chi connectivity index (χ0n) is 30.0. The maximum Gasteiger partial charge on any atom is 0.214 e. The molecule has 0 saturated heterocycles. The minimum Gasteiger partial charge on any atom is -0.456 e. The fourth-order valence-electron chi connectivity index (χ4n) is 7.96. The van der Waals surface area contributed by atoms with Gasteiger partial charge in [-0.25, -0.2) is 4.85 Å². The lowest BCUT2D eigenvalue weighted by Crippen LogP contribution is -2.12. The van der Waals surface area contributed by atoms with Gasteiger partial charge in [-0.3, -0.25) is 0 Å². The number of anilines is 6. The van der Waals surface area contributed by atoms with E-state index in [0.717, 1.165) is 72.2 Å². The SMILES string of the molecule is [C-]#[N+]c1cc(N(c2ccc(N(c3ccccc3)c3ccccc3)cc2)c2ccc3c(c2)oc2ccccc23)cc(C#N)c1-n1c2ccccc2c2ccccc21. The van der Waals surface area contributed by atoms with E-state index in [1.165, 1.54) is 0 Å². The van der Waals surface area contributed by atoms with Crippen LogP contribution in [-0.2, 0) is 0 Å². The number of hydrogen-bond donors (Lipinski definition) is 0. The average molecular weight is 718 g/mol. The van der Waals surface area contributed by atoms with Crippen molar-refractivity contribution in [3.8, 4) is 11.8 Å². The lowest BCUT2D eigenvalue weighted by Gasteiger charge is -2.29. The van der Waals surface area contributed by atoms with Crippen LogP contribution in [0.25, 0.3) is 54.3 Å². The van der Waals surface area contributed by atoms with E-state index >= 15 is 0 Å². The third kappa shape index (κ3) is 5.33. The highest BCUT2D eigenvalue weighted by Gasteiger charge is 2.23. The van der Waals surface area contributed by atoms with Crippen LogP contribution in [0.3, 0.4) is 0 Å². The topological polar surface area (TPSA) is 52.7 Å². The van der Waals surface area contributed by atoms with Gasteiger partial charge in [-0.1, -0.05) is 91.0 Å². The molecule has 2 aromatic heterocycles. The van der Waals surface area contributed by atoms with E-state index in [2.05, 4.69) is 104 Å². The highest BCUT2D eigenvalue weighted by atomic mass is 16.3. The third-order valence-electron chi connectivity index (χ3n) is 10.4. The van der Waals surface area contributed by atoms with Gasteiger partial charge in [0.15, 0.2) is 0 Å². The van der Waals surface area contributed by atoms with Crippen molar-refractivity contribution in [2.24, 2.45) is 0 Å². The van der Waals surface area contributed by atoms with Crippen LogP contribution in [0, 0.1) is 17.9 Å². The third-order valence-corrected chi connectivity index (χ3v) is 10.4. The molecule has 0 spiro atoms. The Balaban J connectivity index is 1.17. The zero-order chi connectivity index (χ0) is 37.6. The Bertz CT molecular complexity index is 3040. The van der Waals surface area contributed by atoms with Crippen molar-refractivity contribution in [3.05, 3.63) is 205 Å². The molecule has 10 rings (SSSR count). The molecule has 0 amide bonds. The van der Waals surface area contributed by atoms with Crippen LogP contribution in [0.5, 0.6) is 0 Å². The first-order valence-corrected chi connectivity index (χ1v) is 18.4. The summed E-state index contributed by atoms with van der Waals surface area (Å²) in [6.07, 6.45) is 0. The highest BCUT2D eigenvalue weighted by Crippen LogP contribution is 2.45. The maximum absolute atomic E-state index is 10.9. The molecule has 0 bridgehead atoms. The summed E-state index contributed by atoms with van der Waals surface area (Å²) in [6.45, 7) is 8.49. The van der Waals surface area contributed by atoms with Crippen molar-refractivity contribution in [1.82, 2.24) is 4.57 Å². The van der Waals surface area contributed by atoms with Crippen LogP contribution in [0.2, 0.25) is 0 Å². The summed E-state index contributed by atoms with van der Waals surface area (Å²) in [5.41, 5.74) is 10.2. The van der Waals surface area contributed by atoms with Crippen molar-refractivity contribution in [2.45, 2.75) is 0 Å². The van der Waals surface area contributed by atoms with E-state index in [0.29, 0.717) is 22.6 Å². The molecule has 2 heterocycles. The summed E-state index contributed by atoms with van der Waals surface area (Å²) in [5.74, 6) is 0. The predicted molar refractivity (Wildman–Crippen MR) is 228 cm³/mol. The number of rotatable bonds is 7. The van der Waals surface area contributed by atoms with Crippen molar-refractivity contribution in [1.29, 1.82) is 5.26 Å². The maximum atomic E-state index is 10.9. The molecular formula is C50H31N5O. The molecule has 10 aromatic rings. The van der Waals surface area contributed by atoms with E-state index in [9.17, 15) is 5.26 Å². The molecule has 0 N–H and O–H groups in total. The molecule has 0 radical (unpaired) electrons. The quantitative estimate of drug-likeness (QED) is 0.154. The van der Waals surface area contributed by atoms with E-state index in [1.54, 1.807) is 0 Å². The molecule has 0 aliphatic carbocycles. The van der Waals surface area contributed by atoms with Gasteiger partial charge >= 0.3 is 0 Å². The van der Waals surface area contributed by atoms with Gasteiger partial charge in [0.2, 0.25) is 5.69 Å². The van der Waals surface area contributed by atoms with Gasteiger partial charge in [0.1, 0.15) is 17.2 Å². The Labute approximate surface area is 323 Å². The first kappa shape index (κ1) is 32.6. The molecule has 6 heteroatoms. The second kappa shape index (κ2) is 13.4. The summed E-state index contributed by atoms with van der Waals surface area (Å²) in [6, 6.07) is 65.8. The summed E-state index contributed by atoms with van der Waals surface area (Å²) >= 11 is 0. The van der Waals surface area contributed by atoms with Crippen LogP contribution in [-0.4, -0.2) is 4.57 Å². The summed E-state index contributed by atoms with van der Waals surface area (Å²) in [5, 5.41) is 15.0. The van der Waals surface area contributed by atoms with Crippen LogP contribution >= 0.6 is 0 Å². The molecule has 0 aliphatic heterocycles. The van der Waals surface area contributed by atoms with Crippen molar-refractivity contribution in [2.75, 3.05) is 9.80 Å². The fourth-order valence-corrected chi connectivity index (χ4v) is 7.96.